The van der Waals surface area contributed by atoms with Crippen LogP contribution in [0, 0.1) is 0 Å². The summed E-state index contributed by atoms with van der Waals surface area (Å²) in [5.74, 6) is 0.00441. The van der Waals surface area contributed by atoms with Gasteiger partial charge in [0.15, 0.2) is 5.78 Å². The molecule has 0 bridgehead atoms. The summed E-state index contributed by atoms with van der Waals surface area (Å²) in [6.45, 7) is 5.45. The first kappa shape index (κ1) is 8.54. The lowest BCUT2D eigenvalue weighted by atomic mass is 9.91. The summed E-state index contributed by atoms with van der Waals surface area (Å²) in [5, 5.41) is 0. The molecule has 11 heavy (non-hydrogen) atoms. The molecule has 60 valence electrons. The lowest BCUT2D eigenvalue weighted by Gasteiger charge is -2.21. The van der Waals surface area contributed by atoms with Gasteiger partial charge in [-0.15, -0.1) is 11.6 Å². The van der Waals surface area contributed by atoms with Crippen molar-refractivity contribution in [3.05, 3.63) is 23.3 Å². The van der Waals surface area contributed by atoms with Crippen molar-refractivity contribution in [3.63, 3.8) is 0 Å². The lowest BCUT2D eigenvalue weighted by molar-refractivity contribution is -0.116. The van der Waals surface area contributed by atoms with Crippen molar-refractivity contribution in [1.29, 1.82) is 0 Å². The first-order chi connectivity index (χ1) is 4.93. The van der Waals surface area contributed by atoms with Crippen LogP contribution in [0.2, 0.25) is 0 Å². The van der Waals surface area contributed by atoms with Crippen LogP contribution in [-0.4, -0.2) is 10.7 Å². The van der Waals surface area contributed by atoms with E-state index in [1.165, 1.54) is 0 Å². The van der Waals surface area contributed by atoms with Crippen molar-refractivity contribution in [3.8, 4) is 0 Å². The van der Waals surface area contributed by atoms with E-state index in [9.17, 15) is 4.79 Å². The third kappa shape index (κ3) is 1.54. The lowest BCUT2D eigenvalue weighted by Crippen LogP contribution is -2.29. The molecule has 0 spiro atoms. The van der Waals surface area contributed by atoms with E-state index in [-0.39, 0.29) is 5.78 Å². The molecule has 1 rings (SSSR count). The predicted octanol–water partition coefficient (Wildman–Crippen LogP) is 2.46. The van der Waals surface area contributed by atoms with E-state index in [4.69, 9.17) is 11.6 Å². The number of alkyl halides is 1. The van der Waals surface area contributed by atoms with Gasteiger partial charge in [-0.1, -0.05) is 17.7 Å². The van der Waals surface area contributed by atoms with Crippen molar-refractivity contribution in [1.82, 2.24) is 0 Å². The highest BCUT2D eigenvalue weighted by Gasteiger charge is 2.31. The van der Waals surface area contributed by atoms with Gasteiger partial charge in [0.05, 0.1) is 0 Å². The highest BCUT2D eigenvalue weighted by atomic mass is 35.5. The van der Waals surface area contributed by atoms with Crippen LogP contribution in [0.4, 0.5) is 0 Å². The summed E-state index contributed by atoms with van der Waals surface area (Å²) in [4.78, 5) is 10.5. The highest BCUT2D eigenvalue weighted by Crippen LogP contribution is 2.27. The molecule has 0 radical (unpaired) electrons. The van der Waals surface area contributed by atoms with Gasteiger partial charge in [0.25, 0.3) is 0 Å². The molecule has 1 aliphatic carbocycles. The number of halogens is 1. The first-order valence-electron chi connectivity index (χ1n) is 3.55. The molecule has 0 N–H and O–H groups in total. The molecule has 0 aromatic rings. The fourth-order valence-corrected chi connectivity index (χ4v) is 1.65. The Labute approximate surface area is 71.7 Å². The Kier molecular flexibility index (Phi) is 1.93. The van der Waals surface area contributed by atoms with Gasteiger partial charge in [-0.25, -0.2) is 0 Å². The number of allylic oxidation sites excluding steroid dienone is 4. The van der Waals surface area contributed by atoms with Crippen LogP contribution in [0.15, 0.2) is 23.3 Å². The van der Waals surface area contributed by atoms with Crippen LogP contribution >= 0.6 is 11.6 Å². The van der Waals surface area contributed by atoms with Gasteiger partial charge in [-0.05, 0) is 26.3 Å². The summed E-state index contributed by atoms with van der Waals surface area (Å²) in [7, 11) is 0. The van der Waals surface area contributed by atoms with Gasteiger partial charge in [0.2, 0.25) is 0 Å². The summed E-state index contributed by atoms with van der Waals surface area (Å²) >= 11 is 5.95. The molecule has 0 aromatic heterocycles. The van der Waals surface area contributed by atoms with Crippen LogP contribution in [0.5, 0.6) is 0 Å². The van der Waals surface area contributed by atoms with Crippen molar-refractivity contribution < 1.29 is 4.79 Å². The molecule has 1 aliphatic rings. The summed E-state index contributed by atoms with van der Waals surface area (Å²) in [6, 6.07) is 0. The topological polar surface area (TPSA) is 17.1 Å². The summed E-state index contributed by atoms with van der Waals surface area (Å²) < 4.78 is 0. The molecule has 0 saturated carbocycles. The Hall–Kier alpha value is -0.560. The maximum atomic E-state index is 11.3. The fraction of sp³-hybridized carbons (Fsp3) is 0.444. The van der Waals surface area contributed by atoms with Crippen LogP contribution in [-0.2, 0) is 4.79 Å². The molecule has 0 amide bonds. The van der Waals surface area contributed by atoms with Gasteiger partial charge in [0, 0.05) is 0 Å². The van der Waals surface area contributed by atoms with E-state index < -0.39 is 4.87 Å². The number of carbonyl (C=O) groups is 1. The molecular weight excluding hydrogens is 160 g/mol. The van der Waals surface area contributed by atoms with Crippen molar-refractivity contribution in [2.75, 3.05) is 0 Å². The van der Waals surface area contributed by atoms with E-state index in [1.54, 1.807) is 19.9 Å². The number of ketones is 1. The van der Waals surface area contributed by atoms with Gasteiger partial charge in [-0.3, -0.25) is 4.79 Å². The maximum Gasteiger partial charge on any atom is 0.183 e. The monoisotopic (exact) mass is 170 g/mol. The van der Waals surface area contributed by atoms with Crippen LogP contribution in [0.25, 0.3) is 0 Å². The van der Waals surface area contributed by atoms with Crippen LogP contribution in [0.1, 0.15) is 20.8 Å². The minimum Gasteiger partial charge on any atom is -0.292 e. The Morgan fingerprint density at radius 3 is 2.45 bits per heavy atom. The van der Waals surface area contributed by atoms with E-state index in [1.807, 2.05) is 13.0 Å². The van der Waals surface area contributed by atoms with Gasteiger partial charge in [0.1, 0.15) is 4.87 Å². The van der Waals surface area contributed by atoms with Crippen molar-refractivity contribution >= 4 is 17.4 Å². The zero-order valence-electron chi connectivity index (χ0n) is 6.94. The Morgan fingerprint density at radius 2 is 2.00 bits per heavy atom. The molecule has 1 unspecified atom stereocenters. The average Bonchev–Trinajstić information content (AvgIpc) is 1.81. The second-order valence-electron chi connectivity index (χ2n) is 3.12. The zero-order chi connectivity index (χ0) is 8.65. The number of carbonyl (C=O) groups excluding carboxylic acids is 1. The third-order valence-corrected chi connectivity index (χ3v) is 2.03. The summed E-state index contributed by atoms with van der Waals surface area (Å²) in [5.41, 5.74) is 1.79. The van der Waals surface area contributed by atoms with E-state index in [0.717, 1.165) is 11.1 Å². The van der Waals surface area contributed by atoms with Crippen molar-refractivity contribution in [2.24, 2.45) is 0 Å². The molecule has 2 heteroatoms. The minimum atomic E-state index is -0.817. The van der Waals surface area contributed by atoms with E-state index >= 15 is 0 Å². The molecule has 0 heterocycles. The maximum absolute atomic E-state index is 11.3. The van der Waals surface area contributed by atoms with Crippen LogP contribution < -0.4 is 0 Å². The second kappa shape index (κ2) is 2.49. The molecule has 1 atom stereocenters. The van der Waals surface area contributed by atoms with Crippen LogP contribution in [0.3, 0.4) is 0 Å². The third-order valence-electron chi connectivity index (χ3n) is 1.75. The second-order valence-corrected chi connectivity index (χ2v) is 3.91. The van der Waals surface area contributed by atoms with Gasteiger partial charge < -0.3 is 0 Å². The fourth-order valence-electron chi connectivity index (χ4n) is 1.33. The molecule has 1 nitrogen and oxygen atoms in total. The first-order valence-corrected chi connectivity index (χ1v) is 3.93. The van der Waals surface area contributed by atoms with Crippen molar-refractivity contribution in [2.45, 2.75) is 25.6 Å². The molecule has 0 aromatic carbocycles. The number of Topliss-reactive ketones (excluding diaryl/α,β-unsaturated/α-hetero) is 1. The highest BCUT2D eigenvalue weighted by molar-refractivity contribution is 6.39. The molecular formula is C9H11ClO. The standard InChI is InChI=1S/C9H11ClO/c1-6-4-7(2)8(11)9(3,10)5-6/h4-5H,1-3H3. The SMILES string of the molecule is CC1=CC(C)(Cl)C(=O)C(C)=C1. The summed E-state index contributed by atoms with van der Waals surface area (Å²) in [6.07, 6.45) is 3.64. The van der Waals surface area contributed by atoms with Gasteiger partial charge >= 0.3 is 0 Å². The number of rotatable bonds is 0. The number of hydrogen-bond donors (Lipinski definition) is 0. The Balaban J connectivity index is 3.11. The molecule has 0 aliphatic heterocycles. The average molecular weight is 171 g/mol. The molecule has 0 saturated heterocycles. The van der Waals surface area contributed by atoms with E-state index in [0.29, 0.717) is 0 Å². The smallest absolute Gasteiger partial charge is 0.183 e. The largest absolute Gasteiger partial charge is 0.292 e. The van der Waals surface area contributed by atoms with E-state index in [2.05, 4.69) is 0 Å². The number of hydrogen-bond acceptors (Lipinski definition) is 1. The predicted molar refractivity (Wildman–Crippen MR) is 46.8 cm³/mol. The minimum absolute atomic E-state index is 0.00441. The zero-order valence-corrected chi connectivity index (χ0v) is 7.70. The quantitative estimate of drug-likeness (QED) is 0.511. The Morgan fingerprint density at radius 1 is 1.45 bits per heavy atom. The Bertz CT molecular complexity index is 259. The normalized spacial score (nSPS) is 31.5. The molecule has 0 fully saturated rings. The van der Waals surface area contributed by atoms with Gasteiger partial charge in [-0.2, -0.15) is 0 Å².